The average molecular weight is 295 g/mol. The second-order valence-corrected chi connectivity index (χ2v) is 5.79. The van der Waals surface area contributed by atoms with Gasteiger partial charge in [0, 0.05) is 16.8 Å². The minimum atomic E-state index is -0.330. The molecule has 1 aliphatic rings. The van der Waals surface area contributed by atoms with Crippen LogP contribution in [0.2, 0.25) is 0 Å². The lowest BCUT2D eigenvalue weighted by Gasteiger charge is -2.26. The van der Waals surface area contributed by atoms with E-state index in [9.17, 15) is 4.79 Å². The van der Waals surface area contributed by atoms with Crippen molar-refractivity contribution in [3.05, 3.63) is 54.2 Å². The van der Waals surface area contributed by atoms with Crippen LogP contribution in [-0.2, 0) is 11.2 Å². The van der Waals surface area contributed by atoms with Crippen molar-refractivity contribution in [2.24, 2.45) is 0 Å². The highest BCUT2D eigenvalue weighted by Gasteiger charge is 2.21. The Balaban J connectivity index is 2.14. The molecule has 114 valence electrons. The van der Waals surface area contributed by atoms with Crippen molar-refractivity contribution in [1.29, 1.82) is 0 Å². The zero-order valence-corrected chi connectivity index (χ0v) is 12.9. The molecule has 4 nitrogen and oxygen atoms in total. The summed E-state index contributed by atoms with van der Waals surface area (Å²) in [7, 11) is 1.91. The van der Waals surface area contributed by atoms with Crippen LogP contribution in [0.4, 0.5) is 5.69 Å². The first-order valence-electron chi connectivity index (χ1n) is 7.53. The standard InChI is InChI=1S/C18H21N3O/c1-11-16(19-3)9-13-8-14-6-4-5-7-15(14)17(10-13)21-18(22)12(2)20-11/h4-8,10,12,16,19-20H,1,9H2,2-3H3,(H,21,22)/t12-,16+/m1/s1. The first-order valence-corrected chi connectivity index (χ1v) is 7.53. The fourth-order valence-corrected chi connectivity index (χ4v) is 2.91. The van der Waals surface area contributed by atoms with Gasteiger partial charge >= 0.3 is 0 Å². The van der Waals surface area contributed by atoms with Crippen molar-refractivity contribution in [2.75, 3.05) is 12.4 Å². The molecular weight excluding hydrogens is 274 g/mol. The quantitative estimate of drug-likeness (QED) is 0.757. The lowest BCUT2D eigenvalue weighted by molar-refractivity contribution is -0.117. The van der Waals surface area contributed by atoms with E-state index in [4.69, 9.17) is 0 Å². The van der Waals surface area contributed by atoms with Gasteiger partial charge in [0.1, 0.15) is 6.04 Å². The number of benzene rings is 2. The fourth-order valence-electron chi connectivity index (χ4n) is 2.91. The Morgan fingerprint density at radius 3 is 2.82 bits per heavy atom. The van der Waals surface area contributed by atoms with E-state index in [0.29, 0.717) is 0 Å². The van der Waals surface area contributed by atoms with Crippen molar-refractivity contribution < 1.29 is 4.79 Å². The Morgan fingerprint density at radius 1 is 1.27 bits per heavy atom. The number of amides is 1. The Bertz CT molecular complexity index is 738. The number of carbonyl (C=O) groups is 1. The first kappa shape index (κ1) is 14.6. The molecule has 2 aromatic carbocycles. The maximum atomic E-state index is 12.4. The molecule has 0 saturated heterocycles. The number of hydrogen-bond donors (Lipinski definition) is 3. The van der Waals surface area contributed by atoms with E-state index in [2.05, 4.69) is 40.7 Å². The molecule has 0 radical (unpaired) electrons. The Hall–Kier alpha value is -2.33. The Labute approximate surface area is 130 Å². The lowest BCUT2D eigenvalue weighted by Crippen LogP contribution is -2.44. The number of carbonyl (C=O) groups excluding carboxylic acids is 1. The van der Waals surface area contributed by atoms with Gasteiger partial charge in [-0.25, -0.2) is 0 Å². The smallest absolute Gasteiger partial charge is 0.246 e. The van der Waals surface area contributed by atoms with Gasteiger partial charge in [-0.2, -0.15) is 0 Å². The SMILES string of the molecule is C=C1N[C@H](C)C(=O)Nc2cc(cc3ccccc23)C[C@@H]1NC. The summed E-state index contributed by atoms with van der Waals surface area (Å²) in [4.78, 5) is 12.4. The summed E-state index contributed by atoms with van der Waals surface area (Å²) >= 11 is 0. The number of nitrogens with one attached hydrogen (secondary N) is 3. The van der Waals surface area contributed by atoms with Crippen LogP contribution in [0.1, 0.15) is 12.5 Å². The minimum Gasteiger partial charge on any atom is -0.376 e. The summed E-state index contributed by atoms with van der Waals surface area (Å²) in [5.41, 5.74) is 2.88. The highest BCUT2D eigenvalue weighted by Crippen LogP contribution is 2.27. The second kappa shape index (κ2) is 5.81. The predicted octanol–water partition coefficient (Wildman–Crippen LogP) is 2.41. The number of anilines is 1. The van der Waals surface area contributed by atoms with Crippen LogP contribution >= 0.6 is 0 Å². The van der Waals surface area contributed by atoms with E-state index in [1.807, 2.05) is 32.2 Å². The molecule has 1 aliphatic heterocycles. The number of hydrogen-bond acceptors (Lipinski definition) is 3. The summed E-state index contributed by atoms with van der Waals surface area (Å²) < 4.78 is 0. The van der Waals surface area contributed by atoms with E-state index >= 15 is 0 Å². The molecule has 0 saturated carbocycles. The molecule has 2 bridgehead atoms. The van der Waals surface area contributed by atoms with E-state index in [1.165, 1.54) is 5.56 Å². The third-order valence-corrected chi connectivity index (χ3v) is 4.18. The zero-order valence-electron chi connectivity index (χ0n) is 12.9. The Morgan fingerprint density at radius 2 is 2.05 bits per heavy atom. The van der Waals surface area contributed by atoms with Gasteiger partial charge < -0.3 is 16.0 Å². The molecule has 3 rings (SSSR count). The summed E-state index contributed by atoms with van der Waals surface area (Å²) in [5.74, 6) is -0.0554. The van der Waals surface area contributed by atoms with E-state index in [0.717, 1.165) is 28.6 Å². The molecular formula is C18H21N3O. The molecule has 4 heteroatoms. The van der Waals surface area contributed by atoms with E-state index in [-0.39, 0.29) is 18.0 Å². The molecule has 22 heavy (non-hydrogen) atoms. The van der Waals surface area contributed by atoms with Gasteiger partial charge in [0.15, 0.2) is 0 Å². The molecule has 0 aliphatic carbocycles. The summed E-state index contributed by atoms with van der Waals surface area (Å²) in [6, 6.07) is 12.1. The lowest BCUT2D eigenvalue weighted by atomic mass is 9.97. The van der Waals surface area contributed by atoms with Crippen molar-refractivity contribution in [3.8, 4) is 0 Å². The van der Waals surface area contributed by atoms with Gasteiger partial charge in [0.05, 0.1) is 6.04 Å². The summed E-state index contributed by atoms with van der Waals surface area (Å²) in [5, 5.41) is 11.7. The molecule has 2 atom stereocenters. The molecule has 0 unspecified atom stereocenters. The van der Waals surface area contributed by atoms with Gasteiger partial charge in [-0.1, -0.05) is 36.9 Å². The number of fused-ring (bicyclic) bond motifs is 4. The van der Waals surface area contributed by atoms with Crippen molar-refractivity contribution in [3.63, 3.8) is 0 Å². The van der Waals surface area contributed by atoms with E-state index < -0.39 is 0 Å². The molecule has 0 spiro atoms. The van der Waals surface area contributed by atoms with Crippen LogP contribution in [-0.4, -0.2) is 25.0 Å². The number of rotatable bonds is 1. The normalized spacial score (nSPS) is 22.1. The average Bonchev–Trinajstić information content (AvgIpc) is 2.51. The van der Waals surface area contributed by atoms with Crippen LogP contribution in [0.15, 0.2) is 48.7 Å². The van der Waals surface area contributed by atoms with Crippen LogP contribution in [0.25, 0.3) is 10.8 Å². The minimum absolute atomic E-state index is 0.0554. The molecule has 1 heterocycles. The van der Waals surface area contributed by atoms with Crippen molar-refractivity contribution in [1.82, 2.24) is 10.6 Å². The Kier molecular flexibility index (Phi) is 3.86. The molecule has 2 aromatic rings. The number of likely N-dealkylation sites (N-methyl/N-ethyl adjacent to an activating group) is 1. The van der Waals surface area contributed by atoms with Crippen LogP contribution in [0, 0.1) is 0 Å². The van der Waals surface area contributed by atoms with Crippen LogP contribution in [0.3, 0.4) is 0 Å². The highest BCUT2D eigenvalue weighted by atomic mass is 16.2. The van der Waals surface area contributed by atoms with Crippen LogP contribution < -0.4 is 16.0 Å². The maximum absolute atomic E-state index is 12.4. The molecule has 1 amide bonds. The third-order valence-electron chi connectivity index (χ3n) is 4.18. The monoisotopic (exact) mass is 295 g/mol. The second-order valence-electron chi connectivity index (χ2n) is 5.79. The topological polar surface area (TPSA) is 53.2 Å². The molecule has 0 aromatic heterocycles. The van der Waals surface area contributed by atoms with Gasteiger partial charge in [0.2, 0.25) is 5.91 Å². The van der Waals surface area contributed by atoms with Crippen molar-refractivity contribution in [2.45, 2.75) is 25.4 Å². The van der Waals surface area contributed by atoms with Gasteiger partial charge in [0.25, 0.3) is 0 Å². The first-order chi connectivity index (χ1) is 10.6. The van der Waals surface area contributed by atoms with Crippen LogP contribution in [0.5, 0.6) is 0 Å². The van der Waals surface area contributed by atoms with Gasteiger partial charge in [-0.15, -0.1) is 0 Å². The zero-order chi connectivity index (χ0) is 15.7. The third kappa shape index (κ3) is 2.70. The predicted molar refractivity (Wildman–Crippen MR) is 90.9 cm³/mol. The van der Waals surface area contributed by atoms with E-state index in [1.54, 1.807) is 0 Å². The largest absolute Gasteiger partial charge is 0.376 e. The summed E-state index contributed by atoms with van der Waals surface area (Å²) in [6.45, 7) is 5.92. The van der Waals surface area contributed by atoms with Gasteiger partial charge in [-0.3, -0.25) is 4.79 Å². The molecule has 3 N–H and O–H groups in total. The fraction of sp³-hybridized carbons (Fsp3) is 0.278. The van der Waals surface area contributed by atoms with Gasteiger partial charge in [-0.05, 0) is 37.4 Å². The maximum Gasteiger partial charge on any atom is 0.246 e. The molecule has 0 fully saturated rings. The van der Waals surface area contributed by atoms with Crippen molar-refractivity contribution >= 4 is 22.4 Å². The summed E-state index contributed by atoms with van der Waals surface area (Å²) in [6.07, 6.45) is 0.822. The highest BCUT2D eigenvalue weighted by molar-refractivity contribution is 6.04.